The van der Waals surface area contributed by atoms with Crippen molar-refractivity contribution in [3.8, 4) is 0 Å². The molecule has 0 saturated carbocycles. The molecule has 0 aliphatic carbocycles. The van der Waals surface area contributed by atoms with Crippen LogP contribution in [0, 0.1) is 12.8 Å². The SMILES string of the molecule is Cc1[nH]c2ccccc2c1C(=O)CN1C(=O)N[C@](C)(CC(C)C)C1=O. The first-order valence-corrected chi connectivity index (χ1v) is 8.47. The molecule has 2 N–H and O–H groups in total. The van der Waals surface area contributed by atoms with E-state index < -0.39 is 11.6 Å². The van der Waals surface area contributed by atoms with E-state index in [-0.39, 0.29) is 24.2 Å². The van der Waals surface area contributed by atoms with Crippen molar-refractivity contribution in [3.63, 3.8) is 0 Å². The van der Waals surface area contributed by atoms with E-state index in [9.17, 15) is 14.4 Å². The van der Waals surface area contributed by atoms with Crippen molar-refractivity contribution in [2.45, 2.75) is 39.7 Å². The molecular formula is C19H23N3O3. The Morgan fingerprint density at radius 1 is 1.24 bits per heavy atom. The molecule has 0 bridgehead atoms. The minimum Gasteiger partial charge on any atom is -0.358 e. The molecule has 3 amide bonds. The van der Waals surface area contributed by atoms with E-state index in [0.29, 0.717) is 12.0 Å². The van der Waals surface area contributed by atoms with Crippen molar-refractivity contribution < 1.29 is 14.4 Å². The monoisotopic (exact) mass is 341 g/mol. The van der Waals surface area contributed by atoms with Gasteiger partial charge in [0.25, 0.3) is 5.91 Å². The fourth-order valence-corrected chi connectivity index (χ4v) is 3.70. The molecule has 25 heavy (non-hydrogen) atoms. The van der Waals surface area contributed by atoms with Gasteiger partial charge in [0, 0.05) is 22.2 Å². The molecule has 0 unspecified atom stereocenters. The predicted molar refractivity (Wildman–Crippen MR) is 95.5 cm³/mol. The Morgan fingerprint density at radius 2 is 1.92 bits per heavy atom. The number of ketones is 1. The molecule has 0 radical (unpaired) electrons. The fourth-order valence-electron chi connectivity index (χ4n) is 3.70. The van der Waals surface area contributed by atoms with Crippen LogP contribution in [0.1, 0.15) is 43.2 Å². The third-order valence-corrected chi connectivity index (χ3v) is 4.64. The summed E-state index contributed by atoms with van der Waals surface area (Å²) in [7, 11) is 0. The Hall–Kier alpha value is -2.63. The maximum absolute atomic E-state index is 12.8. The molecular weight excluding hydrogens is 318 g/mol. The smallest absolute Gasteiger partial charge is 0.325 e. The number of aryl methyl sites for hydroxylation is 1. The number of carbonyl (C=O) groups excluding carboxylic acids is 3. The number of hydrogen-bond donors (Lipinski definition) is 2. The lowest BCUT2D eigenvalue weighted by atomic mass is 9.91. The highest BCUT2D eigenvalue weighted by molar-refractivity contribution is 6.14. The summed E-state index contributed by atoms with van der Waals surface area (Å²) in [5, 5.41) is 3.55. The van der Waals surface area contributed by atoms with Crippen LogP contribution in [0.3, 0.4) is 0 Å². The highest BCUT2D eigenvalue weighted by atomic mass is 16.2. The number of imide groups is 1. The molecule has 1 aliphatic rings. The Labute approximate surface area is 146 Å². The Bertz CT molecular complexity index is 868. The van der Waals surface area contributed by atoms with E-state index in [0.717, 1.165) is 21.5 Å². The molecule has 2 heterocycles. The van der Waals surface area contributed by atoms with Crippen molar-refractivity contribution in [3.05, 3.63) is 35.5 Å². The van der Waals surface area contributed by atoms with E-state index >= 15 is 0 Å². The summed E-state index contributed by atoms with van der Waals surface area (Å²) in [4.78, 5) is 42.0. The van der Waals surface area contributed by atoms with Gasteiger partial charge >= 0.3 is 6.03 Å². The summed E-state index contributed by atoms with van der Waals surface area (Å²) in [6, 6.07) is 7.01. The molecule has 3 rings (SSSR count). The Kier molecular flexibility index (Phi) is 4.14. The number of aromatic nitrogens is 1. The zero-order valence-electron chi connectivity index (χ0n) is 15.0. The number of amides is 3. The fraction of sp³-hybridized carbons (Fsp3) is 0.421. The van der Waals surface area contributed by atoms with Gasteiger partial charge in [-0.2, -0.15) is 0 Å². The third kappa shape index (κ3) is 2.92. The first-order valence-electron chi connectivity index (χ1n) is 8.47. The lowest BCUT2D eigenvalue weighted by Crippen LogP contribution is -2.45. The molecule has 6 nitrogen and oxygen atoms in total. The molecule has 6 heteroatoms. The van der Waals surface area contributed by atoms with E-state index in [2.05, 4.69) is 10.3 Å². The number of carbonyl (C=O) groups is 3. The minimum atomic E-state index is -0.944. The largest absolute Gasteiger partial charge is 0.358 e. The van der Waals surface area contributed by atoms with Gasteiger partial charge in [-0.1, -0.05) is 32.0 Å². The van der Waals surface area contributed by atoms with Crippen molar-refractivity contribution in [2.75, 3.05) is 6.54 Å². The number of hydrogen-bond acceptors (Lipinski definition) is 3. The van der Waals surface area contributed by atoms with E-state index in [1.165, 1.54) is 0 Å². The number of Topliss-reactive ketones (excluding diaryl/α,β-unsaturated/α-hetero) is 1. The molecule has 1 aromatic carbocycles. The number of benzene rings is 1. The Balaban J connectivity index is 1.87. The van der Waals surface area contributed by atoms with E-state index in [1.807, 2.05) is 45.0 Å². The van der Waals surface area contributed by atoms with Gasteiger partial charge in [0.1, 0.15) is 5.54 Å². The number of nitrogens with one attached hydrogen (secondary N) is 2. The van der Waals surface area contributed by atoms with Crippen LogP contribution in [0.2, 0.25) is 0 Å². The summed E-state index contributed by atoms with van der Waals surface area (Å²) in [5.41, 5.74) is 1.20. The molecule has 1 fully saturated rings. The van der Waals surface area contributed by atoms with Crippen LogP contribution in [-0.2, 0) is 4.79 Å². The predicted octanol–water partition coefficient (Wildman–Crippen LogP) is 3.02. The van der Waals surface area contributed by atoms with Crippen molar-refractivity contribution in [1.82, 2.24) is 15.2 Å². The summed E-state index contributed by atoms with van der Waals surface area (Å²) in [5.74, 6) is -0.329. The number of para-hydroxylation sites is 1. The molecule has 132 valence electrons. The minimum absolute atomic E-state index is 0.243. The highest BCUT2D eigenvalue weighted by Crippen LogP contribution is 2.27. The third-order valence-electron chi connectivity index (χ3n) is 4.64. The molecule has 1 aromatic heterocycles. The van der Waals surface area contributed by atoms with Gasteiger partial charge in [-0.3, -0.25) is 14.5 Å². The summed E-state index contributed by atoms with van der Waals surface area (Å²) in [6.07, 6.45) is 0.536. The van der Waals surface area contributed by atoms with Crippen LogP contribution in [0.4, 0.5) is 4.79 Å². The topological polar surface area (TPSA) is 82.3 Å². The Morgan fingerprint density at radius 3 is 2.60 bits per heavy atom. The second kappa shape index (κ2) is 6.02. The van der Waals surface area contributed by atoms with E-state index in [1.54, 1.807) is 6.92 Å². The second-order valence-electron chi connectivity index (χ2n) is 7.35. The zero-order chi connectivity index (χ0) is 18.4. The van der Waals surface area contributed by atoms with Crippen LogP contribution in [-0.4, -0.2) is 39.7 Å². The van der Waals surface area contributed by atoms with Gasteiger partial charge in [0.2, 0.25) is 0 Å². The first kappa shape index (κ1) is 17.2. The zero-order valence-corrected chi connectivity index (χ0v) is 15.0. The lowest BCUT2D eigenvalue weighted by Gasteiger charge is -2.23. The van der Waals surface area contributed by atoms with Gasteiger partial charge < -0.3 is 10.3 Å². The van der Waals surface area contributed by atoms with Crippen LogP contribution in [0.15, 0.2) is 24.3 Å². The molecule has 2 aromatic rings. The highest BCUT2D eigenvalue weighted by Gasteiger charge is 2.48. The second-order valence-corrected chi connectivity index (χ2v) is 7.35. The normalized spacial score (nSPS) is 20.6. The standard InChI is InChI=1S/C19H23N3O3/c1-11(2)9-19(4)17(24)22(18(25)21-19)10-15(23)16-12(3)20-14-8-6-5-7-13(14)16/h5-8,11,20H,9-10H2,1-4H3,(H,21,25)/t19-/m1/s1. The number of H-pyrrole nitrogens is 1. The maximum Gasteiger partial charge on any atom is 0.325 e. The van der Waals surface area contributed by atoms with Gasteiger partial charge in [0.15, 0.2) is 5.78 Å². The van der Waals surface area contributed by atoms with Crippen molar-refractivity contribution >= 4 is 28.6 Å². The number of nitrogens with zero attached hydrogens (tertiary/aromatic N) is 1. The van der Waals surface area contributed by atoms with Crippen LogP contribution in [0.25, 0.3) is 10.9 Å². The number of rotatable bonds is 5. The molecule has 1 atom stereocenters. The van der Waals surface area contributed by atoms with Crippen LogP contribution >= 0.6 is 0 Å². The van der Waals surface area contributed by atoms with E-state index in [4.69, 9.17) is 0 Å². The molecule has 1 saturated heterocycles. The number of fused-ring (bicyclic) bond motifs is 1. The van der Waals surface area contributed by atoms with Crippen LogP contribution in [0.5, 0.6) is 0 Å². The summed E-state index contributed by atoms with van der Waals surface area (Å²) < 4.78 is 0. The summed E-state index contributed by atoms with van der Waals surface area (Å²) in [6.45, 7) is 7.28. The van der Waals surface area contributed by atoms with Crippen LogP contribution < -0.4 is 5.32 Å². The quantitative estimate of drug-likeness (QED) is 0.648. The maximum atomic E-state index is 12.8. The van der Waals surface area contributed by atoms with Gasteiger partial charge in [-0.15, -0.1) is 0 Å². The molecule has 0 spiro atoms. The van der Waals surface area contributed by atoms with Gasteiger partial charge in [-0.05, 0) is 32.3 Å². The van der Waals surface area contributed by atoms with Gasteiger partial charge in [-0.25, -0.2) is 4.79 Å². The average molecular weight is 341 g/mol. The average Bonchev–Trinajstić information content (AvgIpc) is 2.95. The number of urea groups is 1. The number of aromatic amines is 1. The lowest BCUT2D eigenvalue weighted by molar-refractivity contribution is -0.131. The van der Waals surface area contributed by atoms with Crippen molar-refractivity contribution in [1.29, 1.82) is 0 Å². The summed E-state index contributed by atoms with van der Waals surface area (Å²) >= 11 is 0. The van der Waals surface area contributed by atoms with Crippen molar-refractivity contribution in [2.24, 2.45) is 5.92 Å². The van der Waals surface area contributed by atoms with Gasteiger partial charge in [0.05, 0.1) is 6.54 Å². The first-order chi connectivity index (χ1) is 11.7. The molecule has 1 aliphatic heterocycles.